The van der Waals surface area contributed by atoms with E-state index < -0.39 is 33.2 Å². The van der Waals surface area contributed by atoms with Crippen molar-refractivity contribution >= 4 is 15.2 Å². The van der Waals surface area contributed by atoms with Crippen LogP contribution in [0.5, 0.6) is 0 Å². The molecule has 0 aliphatic carbocycles. The summed E-state index contributed by atoms with van der Waals surface area (Å²) in [4.78, 5) is 11.4. The van der Waals surface area contributed by atoms with E-state index in [1.165, 1.54) is 0 Å². The number of rotatable bonds is 17. The zero-order valence-corrected chi connectivity index (χ0v) is 24.7. The Morgan fingerprint density at radius 2 is 0.786 bits per heavy atom. The number of aliphatic hydroxyl groups is 1. The van der Waals surface area contributed by atoms with Gasteiger partial charge in [-0.25, -0.2) is 0 Å². The Balaban J connectivity index is 1.72. The van der Waals surface area contributed by atoms with Gasteiger partial charge in [0.05, 0.1) is 26.4 Å². The number of aliphatic hydroxyl groups excluding tert-OH is 1. The van der Waals surface area contributed by atoms with Gasteiger partial charge in [-0.1, -0.05) is 121 Å². The Bertz CT molecular complexity index is 1260. The van der Waals surface area contributed by atoms with Crippen molar-refractivity contribution in [2.75, 3.05) is 0 Å². The monoisotopic (exact) mass is 609 g/mol. The minimum absolute atomic E-state index is 0.161. The molecule has 11 heteroatoms. The van der Waals surface area contributed by atoms with Gasteiger partial charge < -0.3 is 23.2 Å². The lowest BCUT2D eigenvalue weighted by atomic mass is 10.2. The van der Waals surface area contributed by atoms with Gasteiger partial charge >= 0.3 is 15.2 Å². The Morgan fingerprint density at radius 3 is 1.02 bits per heavy atom. The van der Waals surface area contributed by atoms with Crippen LogP contribution in [-0.4, -0.2) is 16.7 Å². The molecule has 220 valence electrons. The van der Waals surface area contributed by atoms with Gasteiger partial charge in [-0.3, -0.25) is 9.13 Å². The first-order valence-electron chi connectivity index (χ1n) is 13.3. The standard InChI is InChI=1S/C31H33NO8P2/c33-30(32-34)21-31(41(35,37-22-26-13-5-1-6-14-26)38-23-27-15-7-2-8-16-27)42(36,39-24-28-17-9-3-10-18-28)40-25-29-19-11-4-12-20-29/h1-20,30-31,33H,21-25H2. The maximum atomic E-state index is 14.7. The number of hydrogen-bond donors (Lipinski definition) is 1. The molecule has 4 aromatic carbocycles. The Morgan fingerprint density at radius 1 is 0.524 bits per heavy atom. The van der Waals surface area contributed by atoms with E-state index in [-0.39, 0.29) is 26.4 Å². The van der Waals surface area contributed by atoms with Crippen LogP contribution in [0.1, 0.15) is 28.7 Å². The molecule has 4 rings (SSSR count). The molecule has 4 aromatic rings. The van der Waals surface area contributed by atoms with Gasteiger partial charge in [-0.2, -0.15) is 0 Å². The van der Waals surface area contributed by atoms with Crippen molar-refractivity contribution in [1.82, 2.24) is 0 Å². The number of benzene rings is 4. The van der Waals surface area contributed by atoms with E-state index >= 15 is 0 Å². The molecular weight excluding hydrogens is 576 g/mol. The normalized spacial score (nSPS) is 12.7. The first kappa shape index (κ1) is 31.7. The molecule has 42 heavy (non-hydrogen) atoms. The fourth-order valence-electron chi connectivity index (χ4n) is 4.04. The molecule has 1 N–H and O–H groups in total. The van der Waals surface area contributed by atoms with Gasteiger partial charge in [-0.15, -0.1) is 4.91 Å². The molecule has 0 aliphatic rings. The zero-order chi connectivity index (χ0) is 29.7. The van der Waals surface area contributed by atoms with E-state index in [0.29, 0.717) is 22.3 Å². The fourth-order valence-corrected chi connectivity index (χ4v) is 9.27. The molecule has 9 nitrogen and oxygen atoms in total. The molecule has 0 aromatic heterocycles. The molecule has 0 saturated heterocycles. The van der Waals surface area contributed by atoms with Crippen LogP contribution in [-0.2, 0) is 53.7 Å². The first-order valence-corrected chi connectivity index (χ1v) is 16.6. The average molecular weight is 610 g/mol. The van der Waals surface area contributed by atoms with Crippen LogP contribution in [0, 0.1) is 4.91 Å². The Labute approximate surface area is 245 Å². The highest BCUT2D eigenvalue weighted by atomic mass is 31.2. The topological polar surface area (TPSA) is 121 Å². The van der Waals surface area contributed by atoms with Crippen LogP contribution < -0.4 is 0 Å². The maximum Gasteiger partial charge on any atom is 0.346 e. The van der Waals surface area contributed by atoms with Crippen molar-refractivity contribution in [2.45, 2.75) is 44.5 Å². The third-order valence-electron chi connectivity index (χ3n) is 6.29. The van der Waals surface area contributed by atoms with E-state index in [2.05, 4.69) is 5.18 Å². The molecule has 0 bridgehead atoms. The van der Waals surface area contributed by atoms with Crippen LogP contribution >= 0.6 is 15.2 Å². The van der Waals surface area contributed by atoms with E-state index in [0.717, 1.165) is 0 Å². The number of nitroso groups, excluding NO2 is 1. The minimum Gasteiger partial charge on any atom is -0.369 e. The molecule has 0 radical (unpaired) electrons. The average Bonchev–Trinajstić information content (AvgIpc) is 3.05. The summed E-state index contributed by atoms with van der Waals surface area (Å²) < 4.78 is 53.3. The molecule has 0 saturated carbocycles. The summed E-state index contributed by atoms with van der Waals surface area (Å²) in [6, 6.07) is 35.8. The third kappa shape index (κ3) is 9.38. The lowest BCUT2D eigenvalue weighted by Crippen LogP contribution is -2.22. The maximum absolute atomic E-state index is 14.7. The summed E-state index contributed by atoms with van der Waals surface area (Å²) >= 11 is 0. The molecule has 0 fully saturated rings. The van der Waals surface area contributed by atoms with Crippen molar-refractivity contribution in [3.63, 3.8) is 0 Å². The fraction of sp³-hybridized carbons (Fsp3) is 0.226. The smallest absolute Gasteiger partial charge is 0.346 e. The predicted molar refractivity (Wildman–Crippen MR) is 160 cm³/mol. The van der Waals surface area contributed by atoms with E-state index in [1.54, 1.807) is 97.1 Å². The summed E-state index contributed by atoms with van der Waals surface area (Å²) in [5.74, 6) is 0. The second-order valence-electron chi connectivity index (χ2n) is 9.42. The van der Waals surface area contributed by atoms with Crippen LogP contribution in [0.2, 0.25) is 0 Å². The van der Waals surface area contributed by atoms with Crippen molar-refractivity contribution in [2.24, 2.45) is 5.18 Å². The predicted octanol–water partition coefficient (Wildman–Crippen LogP) is 8.04. The summed E-state index contributed by atoms with van der Waals surface area (Å²) in [7, 11) is -8.93. The highest BCUT2D eigenvalue weighted by Crippen LogP contribution is 2.72. The molecule has 1 unspecified atom stereocenters. The molecule has 1 atom stereocenters. The van der Waals surface area contributed by atoms with E-state index in [1.807, 2.05) is 24.3 Å². The van der Waals surface area contributed by atoms with Gasteiger partial charge in [-0.05, 0) is 27.4 Å². The second kappa shape index (κ2) is 15.8. The van der Waals surface area contributed by atoms with Crippen LogP contribution in [0.3, 0.4) is 0 Å². The van der Waals surface area contributed by atoms with Crippen LogP contribution in [0.4, 0.5) is 0 Å². The summed E-state index contributed by atoms with van der Waals surface area (Å²) in [5.41, 5.74) is 2.72. The molecular formula is C31H33NO8P2. The van der Waals surface area contributed by atoms with Crippen molar-refractivity contribution in [3.05, 3.63) is 148 Å². The zero-order valence-electron chi connectivity index (χ0n) is 22.9. The third-order valence-corrected chi connectivity index (χ3v) is 11.8. The largest absolute Gasteiger partial charge is 0.369 e. The van der Waals surface area contributed by atoms with Gasteiger partial charge in [0.1, 0.15) is 0 Å². The van der Waals surface area contributed by atoms with Gasteiger partial charge in [0.25, 0.3) is 0 Å². The second-order valence-corrected chi connectivity index (χ2v) is 14.3. The highest BCUT2D eigenvalue weighted by molar-refractivity contribution is 7.72. The van der Waals surface area contributed by atoms with Gasteiger partial charge in [0.2, 0.25) is 0 Å². The van der Waals surface area contributed by atoms with Crippen molar-refractivity contribution in [3.8, 4) is 0 Å². The summed E-state index contributed by atoms with van der Waals surface area (Å²) in [6.07, 6.45) is -2.52. The SMILES string of the molecule is O=NC(O)CC(P(=O)(OCc1ccccc1)OCc1ccccc1)P(=O)(OCc1ccccc1)OCc1ccccc1. The lowest BCUT2D eigenvalue weighted by molar-refractivity contribution is 0.140. The van der Waals surface area contributed by atoms with E-state index in [9.17, 15) is 19.1 Å². The molecule has 0 heterocycles. The van der Waals surface area contributed by atoms with Crippen LogP contribution in [0.15, 0.2) is 127 Å². The van der Waals surface area contributed by atoms with Crippen LogP contribution in [0.25, 0.3) is 0 Å². The number of nitrogens with zero attached hydrogens (tertiary/aromatic N) is 1. The summed E-state index contributed by atoms with van der Waals surface area (Å²) in [5, 5.41) is 11.3. The summed E-state index contributed by atoms with van der Waals surface area (Å²) in [6.45, 7) is -0.645. The Hall–Kier alpha value is -3.26. The first-order chi connectivity index (χ1) is 20.4. The molecule has 0 spiro atoms. The highest BCUT2D eigenvalue weighted by Gasteiger charge is 2.52. The van der Waals surface area contributed by atoms with Gasteiger partial charge in [0, 0.05) is 6.42 Å². The number of hydrogen-bond acceptors (Lipinski definition) is 9. The lowest BCUT2D eigenvalue weighted by Gasteiger charge is -2.32. The molecule has 0 aliphatic heterocycles. The van der Waals surface area contributed by atoms with Gasteiger partial charge in [0.15, 0.2) is 11.6 Å². The minimum atomic E-state index is -4.46. The van der Waals surface area contributed by atoms with Crippen molar-refractivity contribution in [1.29, 1.82) is 0 Å². The molecule has 0 amide bonds. The quantitative estimate of drug-likeness (QED) is 0.0943. The Kier molecular flexibility index (Phi) is 11.9. The van der Waals surface area contributed by atoms with Crippen molar-refractivity contribution < 1.29 is 32.3 Å². The van der Waals surface area contributed by atoms with E-state index in [4.69, 9.17) is 18.1 Å².